The summed E-state index contributed by atoms with van der Waals surface area (Å²) in [7, 11) is 1.77. The van der Waals surface area contributed by atoms with Gasteiger partial charge in [0.05, 0.1) is 12.5 Å². The van der Waals surface area contributed by atoms with Crippen LogP contribution in [0.1, 0.15) is 38.3 Å². The van der Waals surface area contributed by atoms with Crippen LogP contribution in [0.5, 0.6) is 0 Å². The molecule has 2 rings (SSSR count). The van der Waals surface area contributed by atoms with E-state index >= 15 is 0 Å². The minimum atomic E-state index is -0.110. The topological polar surface area (TPSA) is 75.9 Å². The molecule has 0 saturated carbocycles. The number of guanidine groups is 1. The highest BCUT2D eigenvalue weighted by atomic mass is 127. The zero-order valence-corrected chi connectivity index (χ0v) is 19.5. The molecular weight excluding hydrogens is 471 g/mol. The third-order valence-electron chi connectivity index (χ3n) is 4.91. The van der Waals surface area contributed by atoms with Gasteiger partial charge in [-0.1, -0.05) is 6.07 Å². The van der Waals surface area contributed by atoms with E-state index in [-0.39, 0.29) is 41.4 Å². The standard InChI is InChI=1S/C20H32N4O3.HI/c1-4-27-19(26)17-10-8-13-23(15-17)20(21-3)22-12-5-6-14-24-16(2)9-7-11-18(24)25;/h7,9,11,17H,4-6,8,10,12-15H2,1-3H3,(H,21,22);1H. The Morgan fingerprint density at radius 1 is 1.36 bits per heavy atom. The zero-order valence-electron chi connectivity index (χ0n) is 17.1. The fourth-order valence-electron chi connectivity index (χ4n) is 3.46. The van der Waals surface area contributed by atoms with Crippen LogP contribution in [0.3, 0.4) is 0 Å². The van der Waals surface area contributed by atoms with Crippen molar-refractivity contribution >= 4 is 35.9 Å². The van der Waals surface area contributed by atoms with Gasteiger partial charge in [0.25, 0.3) is 5.56 Å². The molecule has 0 aliphatic carbocycles. The summed E-state index contributed by atoms with van der Waals surface area (Å²) in [5.74, 6) is 0.642. The second kappa shape index (κ2) is 12.8. The van der Waals surface area contributed by atoms with Gasteiger partial charge in [-0.05, 0) is 45.6 Å². The number of aliphatic imine (C=N–C) groups is 1. The molecule has 1 saturated heterocycles. The van der Waals surface area contributed by atoms with E-state index in [0.717, 1.165) is 57.0 Å². The van der Waals surface area contributed by atoms with Crippen molar-refractivity contribution in [3.05, 3.63) is 34.2 Å². The summed E-state index contributed by atoms with van der Waals surface area (Å²) in [6.45, 7) is 7.27. The number of carbonyl (C=O) groups is 1. The minimum absolute atomic E-state index is 0. The molecule has 158 valence electrons. The van der Waals surface area contributed by atoms with E-state index in [1.165, 1.54) is 0 Å². The number of rotatable bonds is 7. The van der Waals surface area contributed by atoms with Gasteiger partial charge in [-0.2, -0.15) is 0 Å². The predicted molar refractivity (Wildman–Crippen MR) is 122 cm³/mol. The van der Waals surface area contributed by atoms with Gasteiger partial charge in [-0.15, -0.1) is 24.0 Å². The number of unbranched alkanes of at least 4 members (excludes halogenated alkanes) is 1. The number of nitrogens with zero attached hydrogens (tertiary/aromatic N) is 3. The van der Waals surface area contributed by atoms with E-state index in [0.29, 0.717) is 13.2 Å². The first-order valence-corrected chi connectivity index (χ1v) is 9.85. The lowest BCUT2D eigenvalue weighted by Gasteiger charge is -2.34. The number of carbonyl (C=O) groups excluding carboxylic acids is 1. The second-order valence-corrected chi connectivity index (χ2v) is 6.88. The Morgan fingerprint density at radius 2 is 2.14 bits per heavy atom. The lowest BCUT2D eigenvalue weighted by molar-refractivity contribution is -0.149. The molecule has 1 fully saturated rings. The van der Waals surface area contributed by atoms with Crippen molar-refractivity contribution in [3.8, 4) is 0 Å². The third-order valence-corrected chi connectivity index (χ3v) is 4.91. The first-order chi connectivity index (χ1) is 13.1. The van der Waals surface area contributed by atoms with E-state index in [9.17, 15) is 9.59 Å². The van der Waals surface area contributed by atoms with Crippen LogP contribution < -0.4 is 10.9 Å². The number of ether oxygens (including phenoxy) is 1. The average Bonchev–Trinajstić information content (AvgIpc) is 2.67. The van der Waals surface area contributed by atoms with Crippen LogP contribution in [0.2, 0.25) is 0 Å². The Hall–Kier alpha value is -1.58. The number of nitrogens with one attached hydrogen (secondary N) is 1. The smallest absolute Gasteiger partial charge is 0.310 e. The Morgan fingerprint density at radius 3 is 2.82 bits per heavy atom. The summed E-state index contributed by atoms with van der Waals surface area (Å²) < 4.78 is 6.97. The Kier molecular flexibility index (Phi) is 11.2. The molecule has 1 unspecified atom stereocenters. The van der Waals surface area contributed by atoms with Crippen molar-refractivity contribution in [1.29, 1.82) is 0 Å². The molecule has 1 atom stereocenters. The fraction of sp³-hybridized carbons (Fsp3) is 0.650. The van der Waals surface area contributed by atoms with Crippen molar-refractivity contribution < 1.29 is 9.53 Å². The number of hydrogen-bond acceptors (Lipinski definition) is 4. The number of piperidine rings is 1. The minimum Gasteiger partial charge on any atom is -0.466 e. The molecule has 1 aromatic heterocycles. The summed E-state index contributed by atoms with van der Waals surface area (Å²) >= 11 is 0. The van der Waals surface area contributed by atoms with Gasteiger partial charge in [-0.3, -0.25) is 14.6 Å². The third kappa shape index (κ3) is 7.10. The van der Waals surface area contributed by atoms with Crippen molar-refractivity contribution in [3.63, 3.8) is 0 Å². The van der Waals surface area contributed by atoms with Crippen LogP contribution in [0.25, 0.3) is 0 Å². The van der Waals surface area contributed by atoms with Gasteiger partial charge in [0, 0.05) is 45.0 Å². The summed E-state index contributed by atoms with van der Waals surface area (Å²) in [5, 5.41) is 3.38. The number of hydrogen-bond donors (Lipinski definition) is 1. The lowest BCUT2D eigenvalue weighted by atomic mass is 9.98. The van der Waals surface area contributed by atoms with Gasteiger partial charge in [-0.25, -0.2) is 0 Å². The van der Waals surface area contributed by atoms with Crippen LogP contribution >= 0.6 is 24.0 Å². The van der Waals surface area contributed by atoms with E-state index in [2.05, 4.69) is 15.2 Å². The van der Waals surface area contributed by atoms with Crippen LogP contribution in [-0.4, -0.2) is 54.7 Å². The highest BCUT2D eigenvalue weighted by molar-refractivity contribution is 14.0. The van der Waals surface area contributed by atoms with Gasteiger partial charge < -0.3 is 19.5 Å². The molecule has 2 heterocycles. The highest BCUT2D eigenvalue weighted by Gasteiger charge is 2.28. The van der Waals surface area contributed by atoms with Crippen molar-refractivity contribution in [2.75, 3.05) is 33.3 Å². The molecule has 0 aromatic carbocycles. The Balaban J connectivity index is 0.00000392. The van der Waals surface area contributed by atoms with Crippen LogP contribution in [0.15, 0.2) is 28.0 Å². The zero-order chi connectivity index (χ0) is 19.6. The number of halogens is 1. The molecule has 7 nitrogen and oxygen atoms in total. The van der Waals surface area contributed by atoms with Crippen LogP contribution in [0.4, 0.5) is 0 Å². The van der Waals surface area contributed by atoms with E-state index < -0.39 is 0 Å². The number of aryl methyl sites for hydroxylation is 1. The summed E-state index contributed by atoms with van der Waals surface area (Å²) in [6.07, 6.45) is 3.69. The van der Waals surface area contributed by atoms with Gasteiger partial charge in [0.1, 0.15) is 0 Å². The van der Waals surface area contributed by atoms with Gasteiger partial charge in [0.15, 0.2) is 5.96 Å². The molecule has 1 aliphatic rings. The van der Waals surface area contributed by atoms with Gasteiger partial charge >= 0.3 is 5.97 Å². The van der Waals surface area contributed by atoms with Crippen molar-refractivity contribution in [2.24, 2.45) is 10.9 Å². The first-order valence-electron chi connectivity index (χ1n) is 9.85. The molecule has 0 bridgehead atoms. The molecule has 8 heteroatoms. The van der Waals surface area contributed by atoms with Crippen LogP contribution in [-0.2, 0) is 16.1 Å². The quantitative estimate of drug-likeness (QED) is 0.203. The molecule has 28 heavy (non-hydrogen) atoms. The average molecular weight is 504 g/mol. The van der Waals surface area contributed by atoms with Crippen molar-refractivity contribution in [2.45, 2.75) is 46.1 Å². The molecule has 1 N–H and O–H groups in total. The SMILES string of the molecule is CCOC(=O)C1CCCN(C(=NC)NCCCCn2c(C)cccc2=O)C1.I. The number of likely N-dealkylation sites (tertiary alicyclic amines) is 1. The molecule has 1 aromatic rings. The second-order valence-electron chi connectivity index (χ2n) is 6.88. The maximum atomic E-state index is 12.0. The molecule has 0 spiro atoms. The predicted octanol–water partition coefficient (Wildman–Crippen LogP) is 2.41. The lowest BCUT2D eigenvalue weighted by Crippen LogP contribution is -2.48. The van der Waals surface area contributed by atoms with Gasteiger partial charge in [0.2, 0.25) is 0 Å². The maximum Gasteiger partial charge on any atom is 0.310 e. The molecule has 0 radical (unpaired) electrons. The molecular formula is C20H33IN4O3. The Labute approximate surface area is 184 Å². The molecule has 1 aliphatic heterocycles. The van der Waals surface area contributed by atoms with E-state index in [1.54, 1.807) is 19.2 Å². The summed E-state index contributed by atoms with van der Waals surface area (Å²) in [6, 6.07) is 5.35. The molecule has 0 amide bonds. The largest absolute Gasteiger partial charge is 0.466 e. The summed E-state index contributed by atoms with van der Waals surface area (Å²) in [4.78, 5) is 30.4. The number of pyridine rings is 1. The number of aromatic nitrogens is 1. The first kappa shape index (κ1) is 24.5. The summed E-state index contributed by atoms with van der Waals surface area (Å²) in [5.41, 5.74) is 1.04. The van der Waals surface area contributed by atoms with E-state index in [4.69, 9.17) is 4.74 Å². The van der Waals surface area contributed by atoms with Crippen molar-refractivity contribution in [1.82, 2.24) is 14.8 Å². The fourth-order valence-corrected chi connectivity index (χ4v) is 3.46. The normalized spacial score (nSPS) is 17.0. The number of esters is 1. The Bertz CT molecular complexity index is 705. The maximum absolute atomic E-state index is 12.0. The van der Waals surface area contributed by atoms with E-state index in [1.807, 2.05) is 24.5 Å². The monoisotopic (exact) mass is 504 g/mol. The highest BCUT2D eigenvalue weighted by Crippen LogP contribution is 2.18. The van der Waals surface area contributed by atoms with Crippen LogP contribution in [0, 0.1) is 12.8 Å².